The lowest BCUT2D eigenvalue weighted by Crippen LogP contribution is -2.10. The number of hydrogen-bond donors (Lipinski definition) is 1. The van der Waals surface area contributed by atoms with Gasteiger partial charge in [-0.2, -0.15) is 0 Å². The van der Waals surface area contributed by atoms with E-state index >= 15 is 0 Å². The first kappa shape index (κ1) is 13.5. The quantitative estimate of drug-likeness (QED) is 0.815. The molecule has 0 spiro atoms. The van der Waals surface area contributed by atoms with Crippen molar-refractivity contribution in [2.75, 3.05) is 5.75 Å². The molecule has 4 heteroatoms. The molecule has 0 heterocycles. The minimum absolute atomic E-state index is 0.133. The summed E-state index contributed by atoms with van der Waals surface area (Å²) in [5.41, 5.74) is 6.63. The van der Waals surface area contributed by atoms with Crippen LogP contribution in [0.4, 0.5) is 0 Å². The fourth-order valence-electron chi connectivity index (χ4n) is 1.29. The third-order valence-electron chi connectivity index (χ3n) is 2.07. The predicted octanol–water partition coefficient (Wildman–Crippen LogP) is 2.47. The molecule has 0 atom stereocenters. The van der Waals surface area contributed by atoms with Crippen molar-refractivity contribution in [1.29, 1.82) is 0 Å². The largest absolute Gasteiger partial charge is 0.366 e. The average molecular weight is 249 g/mol. The van der Waals surface area contributed by atoms with Gasteiger partial charge in [-0.3, -0.25) is 9.59 Å². The third kappa shape index (κ3) is 5.36. The molecule has 0 aliphatic heterocycles. The van der Waals surface area contributed by atoms with Crippen molar-refractivity contribution in [2.24, 2.45) is 5.73 Å². The molecule has 90 valence electrons. The molecule has 0 saturated heterocycles. The maximum Gasteiger partial charge on any atom is 0.248 e. The van der Waals surface area contributed by atoms with Crippen LogP contribution < -0.4 is 5.73 Å². The van der Waals surface area contributed by atoms with Gasteiger partial charge < -0.3 is 5.73 Å². The van der Waals surface area contributed by atoms with E-state index in [4.69, 9.17) is 5.73 Å². The molecular weight excluding hydrogens is 234 g/mol. The molecule has 0 unspecified atom stereocenters. The predicted molar refractivity (Wildman–Crippen MR) is 71.7 cm³/mol. The summed E-state index contributed by atoms with van der Waals surface area (Å²) in [7, 11) is 0. The number of hydrogen-bond acceptors (Lipinski definition) is 3. The summed E-state index contributed by atoms with van der Waals surface area (Å²) in [5, 5.41) is 0.133. The second kappa shape index (κ2) is 6.91. The van der Waals surface area contributed by atoms with Crippen LogP contribution in [0, 0.1) is 0 Å². The van der Waals surface area contributed by atoms with Gasteiger partial charge in [0.1, 0.15) is 0 Å². The van der Waals surface area contributed by atoms with E-state index in [0.717, 1.165) is 17.7 Å². The molecule has 17 heavy (non-hydrogen) atoms. The average Bonchev–Trinajstić information content (AvgIpc) is 2.28. The molecule has 0 fully saturated rings. The van der Waals surface area contributed by atoms with Crippen molar-refractivity contribution in [2.45, 2.75) is 13.3 Å². The normalized spacial score (nSPS) is 10.6. The highest BCUT2D eigenvalue weighted by molar-refractivity contribution is 8.13. The number of carbonyl (C=O) groups is 2. The van der Waals surface area contributed by atoms with Crippen LogP contribution in [-0.2, 0) is 4.79 Å². The van der Waals surface area contributed by atoms with Crippen molar-refractivity contribution >= 4 is 28.9 Å². The van der Waals surface area contributed by atoms with Gasteiger partial charge in [0.2, 0.25) is 5.91 Å². The van der Waals surface area contributed by atoms with Crippen LogP contribution >= 0.6 is 11.8 Å². The number of thioether (sulfide) groups is 1. The summed E-state index contributed by atoms with van der Waals surface area (Å²) in [4.78, 5) is 21.6. The minimum Gasteiger partial charge on any atom is -0.366 e. The SMILES string of the molecule is CC(=O)SCCC=Cc1cccc(C(N)=O)c1. The molecule has 0 bridgehead atoms. The van der Waals surface area contributed by atoms with Crippen molar-refractivity contribution in [1.82, 2.24) is 0 Å². The Morgan fingerprint density at radius 1 is 1.41 bits per heavy atom. The second-order valence-electron chi connectivity index (χ2n) is 3.52. The Bertz CT molecular complexity index is 441. The van der Waals surface area contributed by atoms with Gasteiger partial charge in [0, 0.05) is 18.2 Å². The van der Waals surface area contributed by atoms with Gasteiger partial charge in [-0.05, 0) is 24.1 Å². The van der Waals surface area contributed by atoms with Gasteiger partial charge in [-0.1, -0.05) is 36.0 Å². The number of carbonyl (C=O) groups excluding carboxylic acids is 2. The molecule has 1 rings (SSSR count). The van der Waals surface area contributed by atoms with Crippen molar-refractivity contribution < 1.29 is 9.59 Å². The smallest absolute Gasteiger partial charge is 0.248 e. The maximum atomic E-state index is 11.0. The molecule has 1 amide bonds. The molecule has 0 aliphatic carbocycles. The van der Waals surface area contributed by atoms with Gasteiger partial charge in [0.15, 0.2) is 5.12 Å². The Balaban J connectivity index is 2.50. The minimum atomic E-state index is -0.424. The Morgan fingerprint density at radius 2 is 2.18 bits per heavy atom. The standard InChI is InChI=1S/C13H15NO2S/c1-10(15)17-8-3-2-5-11-6-4-7-12(9-11)13(14)16/h2,4-7,9H,3,8H2,1H3,(H2,14,16). The monoisotopic (exact) mass is 249 g/mol. The van der Waals surface area contributed by atoms with Crippen LogP contribution in [0.5, 0.6) is 0 Å². The highest BCUT2D eigenvalue weighted by Gasteiger charge is 1.98. The highest BCUT2D eigenvalue weighted by Crippen LogP contribution is 2.09. The third-order valence-corrected chi connectivity index (χ3v) is 2.92. The molecular formula is C13H15NO2S. The van der Waals surface area contributed by atoms with Crippen LogP contribution in [0.25, 0.3) is 6.08 Å². The number of amides is 1. The van der Waals surface area contributed by atoms with E-state index in [1.165, 1.54) is 11.8 Å². The Hall–Kier alpha value is -1.55. The molecule has 1 aromatic carbocycles. The molecule has 0 saturated carbocycles. The first-order chi connectivity index (χ1) is 8.09. The van der Waals surface area contributed by atoms with Crippen LogP contribution in [0.1, 0.15) is 29.3 Å². The fourth-order valence-corrected chi connectivity index (χ4v) is 1.83. The summed E-state index contributed by atoms with van der Waals surface area (Å²) in [6, 6.07) is 7.13. The molecule has 3 nitrogen and oxygen atoms in total. The summed E-state index contributed by atoms with van der Waals surface area (Å²) in [6.45, 7) is 1.56. The van der Waals surface area contributed by atoms with Crippen LogP contribution in [0.15, 0.2) is 30.3 Å². The van der Waals surface area contributed by atoms with E-state index in [1.807, 2.05) is 18.2 Å². The molecule has 0 aromatic heterocycles. The molecule has 1 aromatic rings. The van der Waals surface area contributed by atoms with Crippen molar-refractivity contribution in [3.63, 3.8) is 0 Å². The molecule has 0 aliphatic rings. The van der Waals surface area contributed by atoms with Gasteiger partial charge >= 0.3 is 0 Å². The Morgan fingerprint density at radius 3 is 2.82 bits per heavy atom. The summed E-state index contributed by atoms with van der Waals surface area (Å²) < 4.78 is 0. The fraction of sp³-hybridized carbons (Fsp3) is 0.231. The number of nitrogens with two attached hydrogens (primary N) is 1. The summed E-state index contributed by atoms with van der Waals surface area (Å²) in [5.74, 6) is 0.355. The second-order valence-corrected chi connectivity index (χ2v) is 4.79. The van der Waals surface area contributed by atoms with E-state index in [1.54, 1.807) is 25.1 Å². The Kier molecular flexibility index (Phi) is 5.49. The summed E-state index contributed by atoms with van der Waals surface area (Å²) >= 11 is 1.31. The maximum absolute atomic E-state index is 11.0. The van der Waals surface area contributed by atoms with E-state index < -0.39 is 5.91 Å². The lowest BCUT2D eigenvalue weighted by atomic mass is 10.1. The zero-order valence-electron chi connectivity index (χ0n) is 9.68. The highest BCUT2D eigenvalue weighted by atomic mass is 32.2. The van der Waals surface area contributed by atoms with Crippen molar-refractivity contribution in [3.8, 4) is 0 Å². The van der Waals surface area contributed by atoms with E-state index in [0.29, 0.717) is 5.56 Å². The van der Waals surface area contributed by atoms with Gasteiger partial charge in [0.25, 0.3) is 0 Å². The zero-order chi connectivity index (χ0) is 12.7. The molecule has 0 radical (unpaired) electrons. The first-order valence-electron chi connectivity index (χ1n) is 5.29. The topological polar surface area (TPSA) is 60.2 Å². The van der Waals surface area contributed by atoms with Crippen LogP contribution in [-0.4, -0.2) is 16.8 Å². The first-order valence-corrected chi connectivity index (χ1v) is 6.28. The number of allylic oxidation sites excluding steroid dienone is 1. The van der Waals surface area contributed by atoms with Gasteiger partial charge in [-0.25, -0.2) is 0 Å². The number of benzene rings is 1. The zero-order valence-corrected chi connectivity index (χ0v) is 10.5. The number of primary amides is 1. The van der Waals surface area contributed by atoms with Crippen LogP contribution in [0.3, 0.4) is 0 Å². The van der Waals surface area contributed by atoms with E-state index in [2.05, 4.69) is 0 Å². The summed E-state index contributed by atoms with van der Waals surface area (Å²) in [6.07, 6.45) is 4.73. The molecule has 2 N–H and O–H groups in total. The van der Waals surface area contributed by atoms with E-state index in [-0.39, 0.29) is 5.12 Å². The van der Waals surface area contributed by atoms with Crippen molar-refractivity contribution in [3.05, 3.63) is 41.5 Å². The van der Waals surface area contributed by atoms with Crippen LogP contribution in [0.2, 0.25) is 0 Å². The van der Waals surface area contributed by atoms with Gasteiger partial charge in [-0.15, -0.1) is 0 Å². The Labute approximate surface area is 105 Å². The number of rotatable bonds is 5. The lowest BCUT2D eigenvalue weighted by Gasteiger charge is -1.97. The van der Waals surface area contributed by atoms with Gasteiger partial charge in [0.05, 0.1) is 0 Å². The van der Waals surface area contributed by atoms with E-state index in [9.17, 15) is 9.59 Å². The lowest BCUT2D eigenvalue weighted by molar-refractivity contribution is -0.109.